The summed E-state index contributed by atoms with van der Waals surface area (Å²) in [5.74, 6) is -0.178. The summed E-state index contributed by atoms with van der Waals surface area (Å²) < 4.78 is 20.7. The van der Waals surface area contributed by atoms with Gasteiger partial charge in [-0.3, -0.25) is 14.8 Å². The molecule has 0 fully saturated rings. The van der Waals surface area contributed by atoms with Crippen LogP contribution in [0.1, 0.15) is 16.8 Å². The van der Waals surface area contributed by atoms with Gasteiger partial charge in [0, 0.05) is 31.1 Å². The van der Waals surface area contributed by atoms with Gasteiger partial charge in [0.1, 0.15) is 35.2 Å². The first kappa shape index (κ1) is 17.4. The van der Waals surface area contributed by atoms with Crippen LogP contribution in [-0.2, 0) is 7.05 Å². The molecule has 8 heteroatoms. The highest BCUT2D eigenvalue weighted by Gasteiger charge is 2.24. The molecule has 1 aliphatic rings. The highest BCUT2D eigenvalue weighted by molar-refractivity contribution is 6.30. The van der Waals surface area contributed by atoms with Gasteiger partial charge in [0.25, 0.3) is 0 Å². The summed E-state index contributed by atoms with van der Waals surface area (Å²) in [6.07, 6.45) is 5.20. The zero-order valence-electron chi connectivity index (χ0n) is 14.3. The maximum atomic E-state index is 13.2. The number of Topliss-reactive ketones (excluding diaryl/α,β-unsaturated/α-hetero) is 1. The van der Waals surface area contributed by atoms with Crippen LogP contribution in [0.25, 0.3) is 11.4 Å². The van der Waals surface area contributed by atoms with Crippen LogP contribution in [0.3, 0.4) is 0 Å². The fourth-order valence-corrected chi connectivity index (χ4v) is 2.98. The lowest BCUT2D eigenvalue weighted by atomic mass is 9.99. The van der Waals surface area contributed by atoms with Crippen LogP contribution in [-0.4, -0.2) is 32.6 Å². The van der Waals surface area contributed by atoms with Crippen molar-refractivity contribution < 1.29 is 13.9 Å². The highest BCUT2D eigenvalue weighted by Crippen LogP contribution is 2.34. The Morgan fingerprint density at radius 1 is 1.30 bits per heavy atom. The highest BCUT2D eigenvalue weighted by atomic mass is 35.5. The molecular formula is C19H14ClFN4O2. The van der Waals surface area contributed by atoms with E-state index in [0.29, 0.717) is 34.1 Å². The van der Waals surface area contributed by atoms with Crippen LogP contribution in [0.5, 0.6) is 5.75 Å². The monoisotopic (exact) mass is 384 g/mol. The van der Waals surface area contributed by atoms with E-state index < -0.39 is 5.82 Å². The van der Waals surface area contributed by atoms with E-state index in [-0.39, 0.29) is 23.8 Å². The number of ether oxygens (including phenoxy) is 1. The second-order valence-electron chi connectivity index (χ2n) is 6.12. The summed E-state index contributed by atoms with van der Waals surface area (Å²) in [7, 11) is 1.85. The van der Waals surface area contributed by atoms with Crippen molar-refractivity contribution in [1.29, 1.82) is 0 Å². The van der Waals surface area contributed by atoms with Crippen molar-refractivity contribution in [2.45, 2.75) is 6.42 Å². The molecule has 1 aromatic carbocycles. The lowest BCUT2D eigenvalue weighted by molar-refractivity contribution is 0.0998. The van der Waals surface area contributed by atoms with Gasteiger partial charge in [-0.15, -0.1) is 0 Å². The van der Waals surface area contributed by atoms with Crippen molar-refractivity contribution in [3.63, 3.8) is 0 Å². The van der Waals surface area contributed by atoms with Gasteiger partial charge in [-0.05, 0) is 18.2 Å². The maximum Gasteiger partial charge on any atom is 0.170 e. The van der Waals surface area contributed by atoms with Crippen molar-refractivity contribution >= 4 is 28.8 Å². The Hall–Kier alpha value is -3.06. The largest absolute Gasteiger partial charge is 0.488 e. The van der Waals surface area contributed by atoms with Crippen LogP contribution in [0.15, 0.2) is 48.0 Å². The topological polar surface area (TPSA) is 69.4 Å². The Labute approximate surface area is 159 Å². The molecule has 0 radical (unpaired) electrons. The zero-order chi connectivity index (χ0) is 19.0. The van der Waals surface area contributed by atoms with E-state index in [1.54, 1.807) is 23.2 Å². The van der Waals surface area contributed by atoms with Gasteiger partial charge in [-0.1, -0.05) is 11.6 Å². The van der Waals surface area contributed by atoms with Crippen LogP contribution in [0.4, 0.5) is 10.1 Å². The van der Waals surface area contributed by atoms with Crippen molar-refractivity contribution in [3.8, 4) is 17.1 Å². The molecule has 0 atom stereocenters. The maximum absolute atomic E-state index is 13.2. The normalized spacial score (nSPS) is 13.3. The van der Waals surface area contributed by atoms with Crippen molar-refractivity contribution in [1.82, 2.24) is 14.5 Å². The van der Waals surface area contributed by atoms with E-state index in [0.717, 1.165) is 0 Å². The second-order valence-corrected chi connectivity index (χ2v) is 6.53. The number of halogens is 2. The predicted octanol–water partition coefficient (Wildman–Crippen LogP) is 4.01. The third kappa shape index (κ3) is 3.46. The standard InChI is InChI=1S/C19H14ClFN4O2/c1-25-8-16(23-10-25)19-18-13(4-5-22-19)17(26)6-11(24-18)9-27-12-2-3-15(21)14(20)7-12/h2-5,7-8,10H,6,9H2,1H3. The lowest BCUT2D eigenvalue weighted by Crippen LogP contribution is -2.20. The lowest BCUT2D eigenvalue weighted by Gasteiger charge is -2.17. The average molecular weight is 385 g/mol. The summed E-state index contributed by atoms with van der Waals surface area (Å²) >= 11 is 5.76. The fourth-order valence-electron chi connectivity index (χ4n) is 2.81. The summed E-state index contributed by atoms with van der Waals surface area (Å²) in [4.78, 5) is 25.8. The third-order valence-corrected chi connectivity index (χ3v) is 4.39. The number of aliphatic imine (C=N–C) groups is 1. The molecule has 0 bridgehead atoms. The average Bonchev–Trinajstić information content (AvgIpc) is 3.08. The van der Waals surface area contributed by atoms with E-state index >= 15 is 0 Å². The number of nitrogens with zero attached hydrogens (tertiary/aromatic N) is 4. The van der Waals surface area contributed by atoms with Gasteiger partial charge in [-0.2, -0.15) is 0 Å². The van der Waals surface area contributed by atoms with E-state index in [1.807, 2.05) is 13.2 Å². The Morgan fingerprint density at radius 3 is 2.89 bits per heavy atom. The van der Waals surface area contributed by atoms with Crippen LogP contribution in [0.2, 0.25) is 5.02 Å². The number of aryl methyl sites for hydroxylation is 1. The number of imidazole rings is 1. The quantitative estimate of drug-likeness (QED) is 0.681. The Kier molecular flexibility index (Phi) is 4.45. The minimum Gasteiger partial charge on any atom is -0.488 e. The SMILES string of the molecule is Cn1cnc(-c2nccc3c2N=C(COc2ccc(F)c(Cl)c2)CC3=O)c1. The molecule has 6 nitrogen and oxygen atoms in total. The van der Waals surface area contributed by atoms with Gasteiger partial charge in [0.05, 0.1) is 23.5 Å². The number of benzene rings is 1. The van der Waals surface area contributed by atoms with Gasteiger partial charge in [0.15, 0.2) is 5.78 Å². The van der Waals surface area contributed by atoms with Crippen molar-refractivity contribution in [2.75, 3.05) is 6.61 Å². The van der Waals surface area contributed by atoms with E-state index in [4.69, 9.17) is 16.3 Å². The number of aromatic nitrogens is 3. The molecule has 0 saturated heterocycles. The molecule has 0 spiro atoms. The van der Waals surface area contributed by atoms with E-state index in [2.05, 4.69) is 15.0 Å². The van der Waals surface area contributed by atoms with Gasteiger partial charge in [0.2, 0.25) is 0 Å². The summed E-state index contributed by atoms with van der Waals surface area (Å²) in [5.41, 5.74) is 2.74. The smallest absolute Gasteiger partial charge is 0.170 e. The molecule has 0 amide bonds. The Morgan fingerprint density at radius 2 is 2.15 bits per heavy atom. The Balaban J connectivity index is 1.64. The van der Waals surface area contributed by atoms with E-state index in [1.165, 1.54) is 18.2 Å². The summed E-state index contributed by atoms with van der Waals surface area (Å²) in [6, 6.07) is 5.74. The molecule has 2 aromatic heterocycles. The van der Waals surface area contributed by atoms with Crippen LogP contribution >= 0.6 is 11.6 Å². The van der Waals surface area contributed by atoms with Crippen molar-refractivity contribution in [3.05, 3.63) is 59.4 Å². The number of rotatable bonds is 4. The third-order valence-electron chi connectivity index (χ3n) is 4.10. The van der Waals surface area contributed by atoms with Crippen LogP contribution < -0.4 is 4.74 Å². The van der Waals surface area contributed by atoms with Crippen molar-refractivity contribution in [2.24, 2.45) is 12.0 Å². The fraction of sp³-hybridized carbons (Fsp3) is 0.158. The second kappa shape index (κ2) is 6.92. The number of carbonyl (C=O) groups is 1. The van der Waals surface area contributed by atoms with Gasteiger partial charge in [-0.25, -0.2) is 9.37 Å². The number of fused-ring (bicyclic) bond motifs is 1. The Bertz CT molecular complexity index is 1080. The number of ketones is 1. The molecule has 0 unspecified atom stereocenters. The summed E-state index contributed by atoms with van der Waals surface area (Å²) in [5, 5.41) is -0.0267. The zero-order valence-corrected chi connectivity index (χ0v) is 15.1. The molecule has 1 aliphatic heterocycles. The molecule has 0 N–H and O–H groups in total. The van der Waals surface area contributed by atoms with Gasteiger partial charge < -0.3 is 9.30 Å². The minimum absolute atomic E-state index is 0.0267. The first-order valence-corrected chi connectivity index (χ1v) is 8.54. The number of hydrogen-bond donors (Lipinski definition) is 0. The molecule has 0 aliphatic carbocycles. The molecule has 3 heterocycles. The number of hydrogen-bond acceptors (Lipinski definition) is 5. The first-order valence-electron chi connectivity index (χ1n) is 8.16. The van der Waals surface area contributed by atoms with Crippen LogP contribution in [0, 0.1) is 5.82 Å². The molecule has 4 rings (SSSR count). The molecule has 27 heavy (non-hydrogen) atoms. The number of carbonyl (C=O) groups excluding carboxylic acids is 1. The first-order chi connectivity index (χ1) is 13.0. The molecule has 136 valence electrons. The van der Waals surface area contributed by atoms with E-state index in [9.17, 15) is 9.18 Å². The number of pyridine rings is 1. The molecule has 3 aromatic rings. The minimum atomic E-state index is -0.519. The molecule has 0 saturated carbocycles. The predicted molar refractivity (Wildman–Crippen MR) is 99.4 cm³/mol. The van der Waals surface area contributed by atoms with Gasteiger partial charge >= 0.3 is 0 Å². The molecular weight excluding hydrogens is 371 g/mol. The summed E-state index contributed by atoms with van der Waals surface area (Å²) in [6.45, 7) is 0.0870.